The fourth-order valence-electron chi connectivity index (χ4n) is 0.593. The van der Waals surface area contributed by atoms with E-state index < -0.39 is 0 Å². The Kier molecular flexibility index (Phi) is 1.65. The highest BCUT2D eigenvalue weighted by Crippen LogP contribution is 2.11. The summed E-state index contributed by atoms with van der Waals surface area (Å²) in [6.07, 6.45) is 3.33. The fraction of sp³-hybridized carbons (Fsp3) is 0.167. The van der Waals surface area contributed by atoms with Crippen LogP contribution in [0, 0.1) is 6.92 Å². The van der Waals surface area contributed by atoms with Crippen LogP contribution in [0.25, 0.3) is 0 Å². The average molecular weight is 124 g/mol. The second-order valence-electron chi connectivity index (χ2n) is 1.76. The lowest BCUT2D eigenvalue weighted by Crippen LogP contribution is -2.02. The molecule has 0 saturated carbocycles. The van der Waals surface area contributed by atoms with Gasteiger partial charge in [0.1, 0.15) is 0 Å². The van der Waals surface area contributed by atoms with Crippen molar-refractivity contribution in [3.63, 3.8) is 0 Å². The first-order valence-corrected chi connectivity index (χ1v) is 2.62. The highest BCUT2D eigenvalue weighted by atomic mass is 16.6. The van der Waals surface area contributed by atoms with Gasteiger partial charge in [0.2, 0.25) is 0 Å². The second-order valence-corrected chi connectivity index (χ2v) is 1.76. The van der Waals surface area contributed by atoms with E-state index in [2.05, 4.69) is 9.82 Å². The summed E-state index contributed by atoms with van der Waals surface area (Å²) < 4.78 is 0. The SMILES string of the molecule is Cc1cnccc1ON. The Morgan fingerprint density at radius 3 is 2.89 bits per heavy atom. The van der Waals surface area contributed by atoms with Gasteiger partial charge in [0, 0.05) is 24.0 Å². The van der Waals surface area contributed by atoms with E-state index in [1.807, 2.05) is 6.92 Å². The van der Waals surface area contributed by atoms with Crippen molar-refractivity contribution in [2.45, 2.75) is 6.92 Å². The zero-order valence-corrected chi connectivity index (χ0v) is 5.16. The third-order valence-electron chi connectivity index (χ3n) is 1.10. The van der Waals surface area contributed by atoms with Crippen LogP contribution in [0.3, 0.4) is 0 Å². The predicted octanol–water partition coefficient (Wildman–Crippen LogP) is 0.643. The summed E-state index contributed by atoms with van der Waals surface area (Å²) in [4.78, 5) is 8.36. The zero-order chi connectivity index (χ0) is 6.69. The van der Waals surface area contributed by atoms with Gasteiger partial charge in [-0.05, 0) is 6.92 Å². The molecule has 0 spiro atoms. The van der Waals surface area contributed by atoms with Crippen molar-refractivity contribution in [1.29, 1.82) is 0 Å². The zero-order valence-electron chi connectivity index (χ0n) is 5.16. The van der Waals surface area contributed by atoms with Crippen LogP contribution in [-0.2, 0) is 0 Å². The van der Waals surface area contributed by atoms with Gasteiger partial charge >= 0.3 is 0 Å². The molecule has 3 heteroatoms. The van der Waals surface area contributed by atoms with Crippen molar-refractivity contribution in [2.24, 2.45) is 5.90 Å². The molecule has 2 N–H and O–H groups in total. The minimum atomic E-state index is 0.671. The molecule has 1 rings (SSSR count). The molecule has 1 heterocycles. The Bertz CT molecular complexity index is 200. The van der Waals surface area contributed by atoms with Gasteiger partial charge < -0.3 is 4.84 Å². The highest BCUT2D eigenvalue weighted by Gasteiger charge is 1.93. The summed E-state index contributed by atoms with van der Waals surface area (Å²) in [7, 11) is 0. The maximum absolute atomic E-state index is 4.92. The first-order valence-electron chi connectivity index (χ1n) is 2.62. The molecule has 0 aliphatic carbocycles. The summed E-state index contributed by atoms with van der Waals surface area (Å²) >= 11 is 0. The van der Waals surface area contributed by atoms with Crippen LogP contribution in [0.4, 0.5) is 0 Å². The van der Waals surface area contributed by atoms with Crippen molar-refractivity contribution in [1.82, 2.24) is 4.98 Å². The van der Waals surface area contributed by atoms with Gasteiger partial charge in [0.05, 0.1) is 0 Å². The normalized spacial score (nSPS) is 9.11. The number of rotatable bonds is 1. The first kappa shape index (κ1) is 6.04. The predicted molar refractivity (Wildman–Crippen MR) is 33.8 cm³/mol. The van der Waals surface area contributed by atoms with Crippen molar-refractivity contribution in [3.8, 4) is 5.75 Å². The van der Waals surface area contributed by atoms with E-state index in [4.69, 9.17) is 5.90 Å². The molecule has 0 fully saturated rings. The van der Waals surface area contributed by atoms with E-state index in [9.17, 15) is 0 Å². The van der Waals surface area contributed by atoms with E-state index in [1.54, 1.807) is 18.5 Å². The topological polar surface area (TPSA) is 48.1 Å². The second kappa shape index (κ2) is 2.46. The van der Waals surface area contributed by atoms with Crippen molar-refractivity contribution in [2.75, 3.05) is 0 Å². The number of aryl methyl sites for hydroxylation is 1. The monoisotopic (exact) mass is 124 g/mol. The molecule has 1 aromatic heterocycles. The van der Waals surface area contributed by atoms with Gasteiger partial charge in [-0.15, -0.1) is 0 Å². The molecule has 1 aromatic rings. The lowest BCUT2D eigenvalue weighted by atomic mass is 10.3. The molecule has 0 aliphatic rings. The third kappa shape index (κ3) is 1.17. The minimum absolute atomic E-state index is 0.671. The minimum Gasteiger partial charge on any atom is -0.411 e. The molecule has 0 unspecified atom stereocenters. The van der Waals surface area contributed by atoms with Crippen molar-refractivity contribution < 1.29 is 4.84 Å². The molecule has 0 aliphatic heterocycles. The van der Waals surface area contributed by atoms with Crippen LogP contribution >= 0.6 is 0 Å². The van der Waals surface area contributed by atoms with E-state index in [-0.39, 0.29) is 0 Å². The molecule has 48 valence electrons. The Balaban J connectivity index is 3.01. The summed E-state index contributed by atoms with van der Waals surface area (Å²) in [6, 6.07) is 1.72. The van der Waals surface area contributed by atoms with Crippen LogP contribution in [0.1, 0.15) is 5.56 Å². The number of nitrogens with zero attached hydrogens (tertiary/aromatic N) is 1. The van der Waals surface area contributed by atoms with Crippen LogP contribution in [0.2, 0.25) is 0 Å². The quantitative estimate of drug-likeness (QED) is 0.559. The maximum atomic E-state index is 4.92. The molecule has 0 amide bonds. The Morgan fingerprint density at radius 1 is 1.67 bits per heavy atom. The van der Waals surface area contributed by atoms with Crippen LogP contribution in [-0.4, -0.2) is 4.98 Å². The fourth-order valence-corrected chi connectivity index (χ4v) is 0.593. The van der Waals surface area contributed by atoms with E-state index in [0.29, 0.717) is 5.75 Å². The standard InChI is InChI=1S/C6H8N2O/c1-5-4-8-3-2-6(5)9-7/h2-4H,7H2,1H3. The van der Waals surface area contributed by atoms with Crippen LogP contribution < -0.4 is 10.7 Å². The smallest absolute Gasteiger partial charge is 0.152 e. The molecule has 0 saturated heterocycles. The Hall–Kier alpha value is -1.09. The van der Waals surface area contributed by atoms with E-state index in [0.717, 1.165) is 5.56 Å². The molecule has 3 nitrogen and oxygen atoms in total. The van der Waals surface area contributed by atoms with Gasteiger partial charge in [0.25, 0.3) is 0 Å². The van der Waals surface area contributed by atoms with Gasteiger partial charge in [0.15, 0.2) is 5.75 Å². The van der Waals surface area contributed by atoms with Crippen LogP contribution in [0.15, 0.2) is 18.5 Å². The van der Waals surface area contributed by atoms with Crippen LogP contribution in [0.5, 0.6) is 5.75 Å². The molecule has 0 atom stereocenters. The molecular formula is C6H8N2O. The number of hydrogen-bond donors (Lipinski definition) is 1. The van der Waals surface area contributed by atoms with Gasteiger partial charge in [-0.3, -0.25) is 4.98 Å². The average Bonchev–Trinajstić information content (AvgIpc) is 1.89. The largest absolute Gasteiger partial charge is 0.411 e. The molecular weight excluding hydrogens is 116 g/mol. The lowest BCUT2D eigenvalue weighted by Gasteiger charge is -1.98. The molecule has 9 heavy (non-hydrogen) atoms. The molecule has 0 aromatic carbocycles. The van der Waals surface area contributed by atoms with E-state index in [1.165, 1.54) is 0 Å². The first-order chi connectivity index (χ1) is 4.34. The number of aromatic nitrogens is 1. The number of pyridine rings is 1. The van der Waals surface area contributed by atoms with Gasteiger partial charge in [-0.1, -0.05) is 0 Å². The van der Waals surface area contributed by atoms with E-state index >= 15 is 0 Å². The molecule has 0 radical (unpaired) electrons. The summed E-state index contributed by atoms with van der Waals surface area (Å²) in [6.45, 7) is 1.88. The summed E-state index contributed by atoms with van der Waals surface area (Å²) in [5.41, 5.74) is 0.944. The summed E-state index contributed by atoms with van der Waals surface area (Å²) in [5.74, 6) is 5.59. The maximum Gasteiger partial charge on any atom is 0.152 e. The summed E-state index contributed by atoms with van der Waals surface area (Å²) in [5, 5.41) is 0. The molecule has 0 bridgehead atoms. The van der Waals surface area contributed by atoms with Gasteiger partial charge in [-0.2, -0.15) is 5.90 Å². The third-order valence-corrected chi connectivity index (χ3v) is 1.10. The van der Waals surface area contributed by atoms with Crippen molar-refractivity contribution >= 4 is 0 Å². The van der Waals surface area contributed by atoms with Gasteiger partial charge in [-0.25, -0.2) is 0 Å². The number of hydrogen-bond acceptors (Lipinski definition) is 3. The Morgan fingerprint density at radius 2 is 2.44 bits per heavy atom. The van der Waals surface area contributed by atoms with Crippen molar-refractivity contribution in [3.05, 3.63) is 24.0 Å². The Labute approximate surface area is 53.4 Å². The number of nitrogens with two attached hydrogens (primary N) is 1. The lowest BCUT2D eigenvalue weighted by molar-refractivity contribution is 0.331. The highest BCUT2D eigenvalue weighted by molar-refractivity contribution is 5.27.